The smallest absolute Gasteiger partial charge is 0.407 e. The molecular formula is C46H58N4O7S. The number of hydrogen-bond donors (Lipinski definition) is 3. The van der Waals surface area contributed by atoms with Crippen LogP contribution in [0, 0.1) is 17.8 Å². The minimum atomic E-state index is -0.922. The van der Waals surface area contributed by atoms with E-state index in [4.69, 9.17) is 14.5 Å². The van der Waals surface area contributed by atoms with Gasteiger partial charge in [-0.1, -0.05) is 120 Å². The first-order valence-corrected chi connectivity index (χ1v) is 21.2. The Kier molecular flexibility index (Phi) is 15.6. The molecule has 1 aromatic heterocycles. The molecule has 0 bridgehead atoms. The van der Waals surface area contributed by atoms with Gasteiger partial charge in [0.2, 0.25) is 5.91 Å². The molecule has 310 valence electrons. The van der Waals surface area contributed by atoms with E-state index in [1.54, 1.807) is 24.3 Å². The number of thiazole rings is 1. The number of hydrogen-bond acceptors (Lipinski definition) is 8. The number of likely N-dealkylation sites (N-methyl/N-ethyl adjacent to an activating group) is 1. The molecule has 3 N–H and O–H groups in total. The lowest BCUT2D eigenvalue weighted by Crippen LogP contribution is -2.54. The normalized spacial score (nSPS) is 15.3. The van der Waals surface area contributed by atoms with Gasteiger partial charge >= 0.3 is 12.1 Å². The van der Waals surface area contributed by atoms with Gasteiger partial charge in [-0.15, -0.1) is 11.3 Å². The predicted molar refractivity (Wildman–Crippen MR) is 227 cm³/mol. The fourth-order valence-corrected chi connectivity index (χ4v) is 8.65. The number of fused-ring (bicyclic) bond motifs is 3. The highest BCUT2D eigenvalue weighted by Crippen LogP contribution is 2.44. The number of amides is 3. The zero-order chi connectivity index (χ0) is 41.9. The largest absolute Gasteiger partial charge is 0.481 e. The van der Waals surface area contributed by atoms with Crippen molar-refractivity contribution in [2.45, 2.75) is 97.4 Å². The summed E-state index contributed by atoms with van der Waals surface area (Å²) in [6.45, 7) is 12.1. The van der Waals surface area contributed by atoms with Crippen molar-refractivity contribution in [2.24, 2.45) is 17.8 Å². The second kappa shape index (κ2) is 20.6. The van der Waals surface area contributed by atoms with Gasteiger partial charge in [0, 0.05) is 43.5 Å². The summed E-state index contributed by atoms with van der Waals surface area (Å²) in [6.07, 6.45) is 0.661. The molecule has 4 aromatic rings. The van der Waals surface area contributed by atoms with E-state index in [1.807, 2.05) is 89.2 Å². The average Bonchev–Trinajstić information content (AvgIpc) is 3.84. The molecule has 0 saturated carbocycles. The predicted octanol–water partition coefficient (Wildman–Crippen LogP) is 8.50. The Morgan fingerprint density at radius 2 is 1.48 bits per heavy atom. The number of carboxylic acids is 1. The molecule has 0 spiro atoms. The van der Waals surface area contributed by atoms with Gasteiger partial charge in [-0.05, 0) is 59.4 Å². The summed E-state index contributed by atoms with van der Waals surface area (Å²) in [5, 5.41) is 17.8. The van der Waals surface area contributed by atoms with Gasteiger partial charge in [0.05, 0.1) is 5.92 Å². The van der Waals surface area contributed by atoms with Crippen molar-refractivity contribution in [1.82, 2.24) is 20.5 Å². The highest BCUT2D eigenvalue weighted by atomic mass is 32.1. The summed E-state index contributed by atoms with van der Waals surface area (Å²) < 4.78 is 12.1. The molecule has 11 nitrogen and oxygen atoms in total. The molecule has 3 amide bonds. The number of nitrogens with zero attached hydrogens (tertiary/aromatic N) is 2. The quantitative estimate of drug-likeness (QED) is 0.0806. The van der Waals surface area contributed by atoms with Gasteiger partial charge in [-0.25, -0.2) is 9.78 Å². The first-order chi connectivity index (χ1) is 27.8. The Morgan fingerprint density at radius 3 is 2.07 bits per heavy atom. The molecular weight excluding hydrogens is 753 g/mol. The summed E-state index contributed by atoms with van der Waals surface area (Å²) in [7, 11) is 1.76. The van der Waals surface area contributed by atoms with Gasteiger partial charge in [0.15, 0.2) is 0 Å². The number of benzene rings is 3. The highest BCUT2D eigenvalue weighted by molar-refractivity contribution is 7.09. The molecule has 6 atom stereocenters. The van der Waals surface area contributed by atoms with Crippen molar-refractivity contribution >= 4 is 35.2 Å². The van der Waals surface area contributed by atoms with Gasteiger partial charge in [0.25, 0.3) is 5.91 Å². The van der Waals surface area contributed by atoms with Crippen molar-refractivity contribution in [1.29, 1.82) is 0 Å². The summed E-state index contributed by atoms with van der Waals surface area (Å²) in [4.78, 5) is 59.4. The van der Waals surface area contributed by atoms with Crippen molar-refractivity contribution in [3.8, 4) is 11.1 Å². The number of alkyl carbamates (subject to hydrolysis) is 1. The maximum atomic E-state index is 14.3. The number of carbonyl (C=O) groups is 4. The van der Waals surface area contributed by atoms with Gasteiger partial charge in [0.1, 0.15) is 29.5 Å². The van der Waals surface area contributed by atoms with E-state index in [9.17, 15) is 24.3 Å². The maximum Gasteiger partial charge on any atom is 0.407 e. The Hall–Kier alpha value is -5.07. The number of ether oxygens (including phenoxy) is 2. The fourth-order valence-electron chi connectivity index (χ4n) is 7.79. The third kappa shape index (κ3) is 10.9. The van der Waals surface area contributed by atoms with Crippen LogP contribution >= 0.6 is 11.3 Å². The molecule has 1 heterocycles. The fraction of sp³-hybridized carbons (Fsp3) is 0.457. The average molecular weight is 811 g/mol. The van der Waals surface area contributed by atoms with E-state index >= 15 is 0 Å². The number of carboxylic acid groups (broad SMARTS) is 1. The van der Waals surface area contributed by atoms with Crippen molar-refractivity contribution in [3.63, 3.8) is 0 Å². The van der Waals surface area contributed by atoms with Crippen molar-refractivity contribution < 1.29 is 33.8 Å². The Labute approximate surface area is 346 Å². The van der Waals surface area contributed by atoms with Crippen LogP contribution in [-0.4, -0.2) is 77.3 Å². The summed E-state index contributed by atoms with van der Waals surface area (Å²) in [5.41, 5.74) is 5.71. The van der Waals surface area contributed by atoms with E-state index in [2.05, 4.69) is 34.9 Å². The first kappa shape index (κ1) is 44.0. The monoisotopic (exact) mass is 810 g/mol. The second-order valence-electron chi connectivity index (χ2n) is 15.7. The minimum Gasteiger partial charge on any atom is -0.481 e. The standard InChI is InChI=1S/C46H58N4O7S/c1-8-29(5)41(49-46(55)57-26-37-35-21-15-13-19-33(35)34-20-14-16-22-36(34)37)44(52)50(7)39(28(3)4)25-40(56-9-2)43-48-38(27-58-43)42(51)47-32(23-30(6)45(53)54)24-31-17-11-10-12-18-31/h10-22,27-30,32,37,39-41H,8-9,23-26H2,1-7H3,(H,47,51)(H,49,55)(H,53,54)/t29-,30?,32?,39+,40+,41-/m0/s1. The molecule has 0 radical (unpaired) electrons. The number of aromatic nitrogens is 1. The molecule has 5 rings (SSSR count). The van der Waals surface area contributed by atoms with Crippen LogP contribution in [0.5, 0.6) is 0 Å². The highest BCUT2D eigenvalue weighted by Gasteiger charge is 2.36. The number of rotatable bonds is 20. The molecule has 0 fully saturated rings. The van der Waals surface area contributed by atoms with E-state index in [-0.39, 0.29) is 54.3 Å². The maximum absolute atomic E-state index is 14.3. The van der Waals surface area contributed by atoms with Crippen LogP contribution < -0.4 is 10.6 Å². The summed E-state index contributed by atoms with van der Waals surface area (Å²) in [5.74, 6) is -2.45. The zero-order valence-electron chi connectivity index (χ0n) is 34.6. The van der Waals surface area contributed by atoms with Gasteiger partial charge in [-0.3, -0.25) is 14.4 Å². The molecule has 1 aliphatic rings. The van der Waals surface area contributed by atoms with E-state index in [0.29, 0.717) is 30.9 Å². The Bertz CT molecular complexity index is 1960. The minimum absolute atomic E-state index is 0.0154. The lowest BCUT2D eigenvalue weighted by molar-refractivity contribution is -0.141. The van der Waals surface area contributed by atoms with Gasteiger partial charge < -0.3 is 30.1 Å². The van der Waals surface area contributed by atoms with Crippen LogP contribution in [0.25, 0.3) is 11.1 Å². The second-order valence-corrected chi connectivity index (χ2v) is 16.6. The third-order valence-electron chi connectivity index (χ3n) is 11.3. The van der Waals surface area contributed by atoms with Crippen LogP contribution in [0.15, 0.2) is 84.2 Å². The molecule has 1 aliphatic carbocycles. The zero-order valence-corrected chi connectivity index (χ0v) is 35.5. The van der Waals surface area contributed by atoms with Crippen LogP contribution in [0.3, 0.4) is 0 Å². The molecule has 12 heteroatoms. The molecule has 0 aliphatic heterocycles. The number of carbonyl (C=O) groups excluding carboxylic acids is 3. The molecule has 58 heavy (non-hydrogen) atoms. The van der Waals surface area contributed by atoms with E-state index in [0.717, 1.165) is 27.8 Å². The third-order valence-corrected chi connectivity index (χ3v) is 12.2. The van der Waals surface area contributed by atoms with Crippen LogP contribution in [0.2, 0.25) is 0 Å². The summed E-state index contributed by atoms with van der Waals surface area (Å²) in [6, 6.07) is 24.4. The number of nitrogens with one attached hydrogen (secondary N) is 2. The van der Waals surface area contributed by atoms with Crippen LogP contribution in [-0.2, 0) is 25.5 Å². The van der Waals surface area contributed by atoms with Crippen LogP contribution in [0.4, 0.5) is 4.79 Å². The number of aliphatic carboxylic acids is 1. The van der Waals surface area contributed by atoms with E-state index < -0.39 is 36.2 Å². The first-order valence-electron chi connectivity index (χ1n) is 20.3. The van der Waals surface area contributed by atoms with Crippen molar-refractivity contribution in [2.75, 3.05) is 20.3 Å². The lowest BCUT2D eigenvalue weighted by Gasteiger charge is -2.37. The van der Waals surface area contributed by atoms with E-state index in [1.165, 1.54) is 11.3 Å². The Morgan fingerprint density at radius 1 is 0.862 bits per heavy atom. The topological polar surface area (TPSA) is 147 Å². The molecule has 3 aromatic carbocycles. The lowest BCUT2D eigenvalue weighted by atomic mass is 9.93. The van der Waals surface area contributed by atoms with Crippen LogP contribution in [0.1, 0.15) is 105 Å². The van der Waals surface area contributed by atoms with Gasteiger partial charge in [-0.2, -0.15) is 0 Å². The molecule has 0 saturated heterocycles. The summed E-state index contributed by atoms with van der Waals surface area (Å²) >= 11 is 1.31. The Balaban J connectivity index is 1.26. The molecule has 2 unspecified atom stereocenters. The SMILES string of the molecule is CCO[C@H](C[C@H](C(C)C)N(C)C(=O)[C@@H](NC(=O)OCC1c2ccccc2-c2ccccc21)[C@@H](C)CC)c1nc(C(=O)NC(Cc2ccccc2)CC(C)C(=O)O)cs1. The van der Waals surface area contributed by atoms with Crippen molar-refractivity contribution in [3.05, 3.63) is 112 Å².